The normalized spacial score (nSPS) is 10.6. The fourth-order valence-electron chi connectivity index (χ4n) is 2.09. The van der Waals surface area contributed by atoms with Gasteiger partial charge in [0.1, 0.15) is 5.76 Å². The zero-order valence-electron chi connectivity index (χ0n) is 11.0. The first-order valence-electron chi connectivity index (χ1n) is 6.25. The maximum Gasteiger partial charge on any atom is 0.123 e. The first-order valence-corrected chi connectivity index (χ1v) is 6.25. The Hall–Kier alpha value is -1.74. The van der Waals surface area contributed by atoms with Crippen molar-refractivity contribution in [3.63, 3.8) is 0 Å². The molecule has 0 saturated heterocycles. The second kappa shape index (κ2) is 5.74. The summed E-state index contributed by atoms with van der Waals surface area (Å²) >= 11 is 0. The highest BCUT2D eigenvalue weighted by molar-refractivity contribution is 5.55. The van der Waals surface area contributed by atoms with Crippen molar-refractivity contribution in [1.29, 1.82) is 0 Å². The minimum absolute atomic E-state index is 0.633. The fraction of sp³-hybridized carbons (Fsp3) is 0.333. The summed E-state index contributed by atoms with van der Waals surface area (Å²) in [5.41, 5.74) is 9.47. The topological polar surface area (TPSA) is 42.4 Å². The lowest BCUT2D eigenvalue weighted by atomic mass is 10.1. The van der Waals surface area contributed by atoms with E-state index in [0.29, 0.717) is 6.54 Å². The van der Waals surface area contributed by atoms with Gasteiger partial charge in [0.15, 0.2) is 0 Å². The monoisotopic (exact) mass is 244 g/mol. The van der Waals surface area contributed by atoms with Crippen molar-refractivity contribution in [2.24, 2.45) is 5.73 Å². The molecule has 0 radical (unpaired) electrons. The van der Waals surface area contributed by atoms with E-state index in [1.165, 1.54) is 16.8 Å². The Morgan fingerprint density at radius 1 is 1.22 bits per heavy atom. The summed E-state index contributed by atoms with van der Waals surface area (Å²) in [6.07, 6.45) is 1.71. The third kappa shape index (κ3) is 2.93. The number of rotatable bonds is 5. The lowest BCUT2D eigenvalue weighted by Gasteiger charge is -2.25. The number of hydrogen-bond acceptors (Lipinski definition) is 3. The third-order valence-corrected chi connectivity index (χ3v) is 3.03. The number of anilines is 1. The van der Waals surface area contributed by atoms with E-state index in [1.54, 1.807) is 6.26 Å². The molecule has 2 N–H and O–H groups in total. The van der Waals surface area contributed by atoms with Crippen LogP contribution in [0, 0.1) is 13.8 Å². The molecule has 1 heterocycles. The highest BCUT2D eigenvalue weighted by Crippen LogP contribution is 2.23. The number of benzene rings is 1. The van der Waals surface area contributed by atoms with Gasteiger partial charge in [-0.15, -0.1) is 0 Å². The van der Waals surface area contributed by atoms with E-state index in [1.807, 2.05) is 12.1 Å². The second-order valence-electron chi connectivity index (χ2n) is 4.58. The first-order chi connectivity index (χ1) is 8.70. The molecule has 0 aliphatic carbocycles. The molecule has 0 saturated carbocycles. The van der Waals surface area contributed by atoms with Crippen molar-refractivity contribution in [3.8, 4) is 0 Å². The average Bonchev–Trinajstić information content (AvgIpc) is 2.85. The van der Waals surface area contributed by atoms with Gasteiger partial charge in [0, 0.05) is 18.8 Å². The molecule has 0 unspecified atom stereocenters. The molecule has 2 aromatic rings. The predicted molar refractivity (Wildman–Crippen MR) is 74.7 cm³/mol. The SMILES string of the molecule is Cc1ccc(C)c(N(CCN)Cc2ccco2)c1. The molecule has 1 aromatic heterocycles. The molecule has 0 atom stereocenters. The second-order valence-corrected chi connectivity index (χ2v) is 4.58. The van der Waals surface area contributed by atoms with Gasteiger partial charge >= 0.3 is 0 Å². The zero-order chi connectivity index (χ0) is 13.0. The van der Waals surface area contributed by atoms with Gasteiger partial charge in [-0.25, -0.2) is 0 Å². The molecule has 0 spiro atoms. The van der Waals surface area contributed by atoms with Crippen LogP contribution in [-0.4, -0.2) is 13.1 Å². The molecule has 2 rings (SSSR count). The van der Waals surface area contributed by atoms with Crippen LogP contribution < -0.4 is 10.6 Å². The van der Waals surface area contributed by atoms with E-state index < -0.39 is 0 Å². The van der Waals surface area contributed by atoms with Crippen LogP contribution in [-0.2, 0) is 6.54 Å². The van der Waals surface area contributed by atoms with Gasteiger partial charge in [-0.2, -0.15) is 0 Å². The summed E-state index contributed by atoms with van der Waals surface area (Å²) in [6.45, 7) is 6.45. The summed E-state index contributed by atoms with van der Waals surface area (Å²) in [5, 5.41) is 0. The van der Waals surface area contributed by atoms with Crippen molar-refractivity contribution >= 4 is 5.69 Å². The number of aryl methyl sites for hydroxylation is 2. The minimum atomic E-state index is 0.633. The molecule has 96 valence electrons. The maximum atomic E-state index is 5.71. The van der Waals surface area contributed by atoms with E-state index in [9.17, 15) is 0 Å². The molecule has 18 heavy (non-hydrogen) atoms. The van der Waals surface area contributed by atoms with Gasteiger partial charge in [-0.3, -0.25) is 0 Å². The van der Waals surface area contributed by atoms with Gasteiger partial charge in [0.25, 0.3) is 0 Å². The predicted octanol–water partition coefficient (Wildman–Crippen LogP) is 2.86. The zero-order valence-corrected chi connectivity index (χ0v) is 11.0. The van der Waals surface area contributed by atoms with Gasteiger partial charge < -0.3 is 15.1 Å². The van der Waals surface area contributed by atoms with Crippen molar-refractivity contribution < 1.29 is 4.42 Å². The fourth-order valence-corrected chi connectivity index (χ4v) is 2.09. The van der Waals surface area contributed by atoms with E-state index in [4.69, 9.17) is 10.2 Å². The van der Waals surface area contributed by atoms with Gasteiger partial charge in [0.2, 0.25) is 0 Å². The Kier molecular flexibility index (Phi) is 4.05. The molecular formula is C15H20N2O. The number of nitrogens with two attached hydrogens (primary N) is 1. The molecule has 3 nitrogen and oxygen atoms in total. The molecule has 3 heteroatoms. The van der Waals surface area contributed by atoms with Crippen molar-refractivity contribution in [2.75, 3.05) is 18.0 Å². The summed E-state index contributed by atoms with van der Waals surface area (Å²) in [5.74, 6) is 0.962. The quantitative estimate of drug-likeness (QED) is 0.879. The summed E-state index contributed by atoms with van der Waals surface area (Å²) in [6, 6.07) is 10.4. The van der Waals surface area contributed by atoms with Gasteiger partial charge in [-0.05, 0) is 43.2 Å². The number of furan rings is 1. The van der Waals surface area contributed by atoms with Gasteiger partial charge in [-0.1, -0.05) is 12.1 Å². The van der Waals surface area contributed by atoms with E-state index >= 15 is 0 Å². The summed E-state index contributed by atoms with van der Waals surface area (Å²) in [4.78, 5) is 2.27. The van der Waals surface area contributed by atoms with Crippen molar-refractivity contribution in [2.45, 2.75) is 20.4 Å². The number of hydrogen-bond donors (Lipinski definition) is 1. The van der Waals surface area contributed by atoms with Gasteiger partial charge in [0.05, 0.1) is 12.8 Å². The van der Waals surface area contributed by atoms with Crippen LogP contribution in [0.1, 0.15) is 16.9 Å². The minimum Gasteiger partial charge on any atom is -0.467 e. The molecule has 1 aromatic carbocycles. The Morgan fingerprint density at radius 3 is 2.72 bits per heavy atom. The Morgan fingerprint density at radius 2 is 2.06 bits per heavy atom. The molecular weight excluding hydrogens is 224 g/mol. The van der Waals surface area contributed by atoms with E-state index in [2.05, 4.69) is 36.9 Å². The lowest BCUT2D eigenvalue weighted by molar-refractivity contribution is 0.502. The standard InChI is InChI=1S/C15H20N2O/c1-12-5-6-13(2)15(10-12)17(8-7-16)11-14-4-3-9-18-14/h3-6,9-10H,7-8,11,16H2,1-2H3. The maximum absolute atomic E-state index is 5.71. The van der Waals surface area contributed by atoms with Crippen LogP contribution in [0.4, 0.5) is 5.69 Å². The average molecular weight is 244 g/mol. The Bertz CT molecular complexity index is 491. The third-order valence-electron chi connectivity index (χ3n) is 3.03. The molecule has 0 fully saturated rings. The summed E-state index contributed by atoms with van der Waals surface area (Å²) < 4.78 is 5.42. The van der Waals surface area contributed by atoms with Crippen LogP contribution in [0.5, 0.6) is 0 Å². The molecule has 0 aliphatic rings. The van der Waals surface area contributed by atoms with E-state index in [0.717, 1.165) is 18.8 Å². The first kappa shape index (κ1) is 12.7. The van der Waals surface area contributed by atoms with Crippen molar-refractivity contribution in [3.05, 3.63) is 53.5 Å². The van der Waals surface area contributed by atoms with Crippen LogP contribution in [0.25, 0.3) is 0 Å². The van der Waals surface area contributed by atoms with Crippen LogP contribution in [0.3, 0.4) is 0 Å². The summed E-state index contributed by atoms with van der Waals surface area (Å²) in [7, 11) is 0. The number of nitrogens with zero attached hydrogens (tertiary/aromatic N) is 1. The highest BCUT2D eigenvalue weighted by atomic mass is 16.3. The van der Waals surface area contributed by atoms with Crippen LogP contribution >= 0.6 is 0 Å². The lowest BCUT2D eigenvalue weighted by Crippen LogP contribution is -2.29. The van der Waals surface area contributed by atoms with Crippen LogP contribution in [0.15, 0.2) is 41.0 Å². The van der Waals surface area contributed by atoms with E-state index in [-0.39, 0.29) is 0 Å². The largest absolute Gasteiger partial charge is 0.467 e. The Labute approximate surface area is 108 Å². The highest BCUT2D eigenvalue weighted by Gasteiger charge is 2.10. The molecule has 0 bridgehead atoms. The van der Waals surface area contributed by atoms with Crippen molar-refractivity contribution in [1.82, 2.24) is 0 Å². The van der Waals surface area contributed by atoms with Crippen LogP contribution in [0.2, 0.25) is 0 Å². The molecule has 0 amide bonds. The molecule has 0 aliphatic heterocycles. The smallest absolute Gasteiger partial charge is 0.123 e. The Balaban J connectivity index is 2.26.